The molecular formula is C23H32N2O2. The molecule has 1 saturated carbocycles. The van der Waals surface area contributed by atoms with Gasteiger partial charge in [0.1, 0.15) is 0 Å². The normalized spacial score (nSPS) is 22.7. The first-order valence-electron chi connectivity index (χ1n) is 10.1. The molecule has 27 heavy (non-hydrogen) atoms. The van der Waals surface area contributed by atoms with E-state index in [1.807, 2.05) is 32.0 Å². The van der Waals surface area contributed by atoms with Crippen molar-refractivity contribution >= 4 is 5.97 Å². The summed E-state index contributed by atoms with van der Waals surface area (Å²) in [5, 5.41) is 13.5. The molecule has 3 rings (SSSR count). The zero-order valence-electron chi connectivity index (χ0n) is 17.0. The molecule has 1 heterocycles. The second-order valence-electron chi connectivity index (χ2n) is 8.16. The van der Waals surface area contributed by atoms with Gasteiger partial charge in [-0.2, -0.15) is 0 Å². The molecule has 146 valence electrons. The van der Waals surface area contributed by atoms with Gasteiger partial charge in [0.05, 0.1) is 5.56 Å². The predicted octanol–water partition coefficient (Wildman–Crippen LogP) is 4.77. The van der Waals surface area contributed by atoms with Crippen molar-refractivity contribution in [3.05, 3.63) is 58.4 Å². The maximum atomic E-state index is 12.0. The van der Waals surface area contributed by atoms with E-state index < -0.39 is 5.97 Å². The molecule has 0 amide bonds. The third-order valence-electron chi connectivity index (χ3n) is 6.56. The topological polar surface area (TPSA) is 54.3 Å². The van der Waals surface area contributed by atoms with Crippen molar-refractivity contribution in [3.8, 4) is 0 Å². The van der Waals surface area contributed by atoms with Gasteiger partial charge in [-0.3, -0.25) is 0 Å². The maximum absolute atomic E-state index is 12.0. The van der Waals surface area contributed by atoms with E-state index in [-0.39, 0.29) is 0 Å². The van der Waals surface area contributed by atoms with Crippen LogP contribution in [0.15, 0.2) is 30.3 Å². The molecule has 1 aliphatic carbocycles. The molecule has 0 aliphatic heterocycles. The molecule has 0 spiro atoms. The average Bonchev–Trinajstić information content (AvgIpc) is 2.88. The summed E-state index contributed by atoms with van der Waals surface area (Å²) in [6, 6.07) is 10.7. The van der Waals surface area contributed by atoms with Crippen molar-refractivity contribution in [3.63, 3.8) is 0 Å². The highest BCUT2D eigenvalue weighted by Gasteiger charge is 2.28. The van der Waals surface area contributed by atoms with E-state index in [4.69, 9.17) is 0 Å². The number of aromatic nitrogens is 1. The van der Waals surface area contributed by atoms with Gasteiger partial charge in [-0.15, -0.1) is 0 Å². The van der Waals surface area contributed by atoms with Crippen LogP contribution >= 0.6 is 0 Å². The van der Waals surface area contributed by atoms with Crippen LogP contribution in [-0.2, 0) is 13.1 Å². The lowest BCUT2D eigenvalue weighted by Gasteiger charge is -2.34. The van der Waals surface area contributed by atoms with Crippen LogP contribution in [0.4, 0.5) is 0 Å². The average molecular weight is 369 g/mol. The molecule has 1 fully saturated rings. The second kappa shape index (κ2) is 8.30. The molecule has 0 saturated heterocycles. The van der Waals surface area contributed by atoms with E-state index in [1.165, 1.54) is 24.8 Å². The van der Waals surface area contributed by atoms with Crippen LogP contribution in [0.5, 0.6) is 0 Å². The zero-order chi connectivity index (χ0) is 19.6. The van der Waals surface area contributed by atoms with Crippen molar-refractivity contribution in [2.45, 2.75) is 66.1 Å². The summed E-state index contributed by atoms with van der Waals surface area (Å²) in [4.78, 5) is 12.0. The fraction of sp³-hybridized carbons (Fsp3) is 0.522. The van der Waals surface area contributed by atoms with Gasteiger partial charge in [0.2, 0.25) is 0 Å². The number of nitrogens with one attached hydrogen (secondary N) is 1. The first kappa shape index (κ1) is 19.7. The number of carboxylic acid groups (broad SMARTS) is 1. The Kier molecular flexibility index (Phi) is 6.05. The quantitative estimate of drug-likeness (QED) is 0.772. The SMILES string of the molecule is Cc1c(CN[C@@H]2CCC[C@@H](C)[C@H]2C)c(C(=O)O)c(C)n1Cc1ccccc1. The fourth-order valence-corrected chi connectivity index (χ4v) is 4.56. The first-order chi connectivity index (χ1) is 12.9. The summed E-state index contributed by atoms with van der Waals surface area (Å²) < 4.78 is 2.14. The number of carbonyl (C=O) groups is 1. The van der Waals surface area contributed by atoms with Gasteiger partial charge in [-0.1, -0.05) is 57.0 Å². The Labute approximate surface area is 162 Å². The van der Waals surface area contributed by atoms with Gasteiger partial charge in [0, 0.05) is 36.1 Å². The summed E-state index contributed by atoms with van der Waals surface area (Å²) in [5.74, 6) is 0.518. The monoisotopic (exact) mass is 368 g/mol. The summed E-state index contributed by atoms with van der Waals surface area (Å²) in [6.45, 7) is 9.94. The Morgan fingerprint density at radius 3 is 2.52 bits per heavy atom. The smallest absolute Gasteiger partial charge is 0.337 e. The fourth-order valence-electron chi connectivity index (χ4n) is 4.56. The van der Waals surface area contributed by atoms with Gasteiger partial charge in [-0.25, -0.2) is 4.79 Å². The van der Waals surface area contributed by atoms with Gasteiger partial charge < -0.3 is 15.0 Å². The van der Waals surface area contributed by atoms with Crippen molar-refractivity contribution in [2.75, 3.05) is 0 Å². The van der Waals surface area contributed by atoms with E-state index in [1.54, 1.807) is 0 Å². The van der Waals surface area contributed by atoms with Crippen LogP contribution in [0.25, 0.3) is 0 Å². The van der Waals surface area contributed by atoms with Crippen molar-refractivity contribution in [2.24, 2.45) is 11.8 Å². The standard InChI is InChI=1S/C23H32N2O2/c1-15-9-8-12-21(16(15)2)24-13-20-17(3)25(18(4)22(20)23(26)27)14-19-10-6-5-7-11-19/h5-7,10-11,15-16,21,24H,8-9,12-14H2,1-4H3,(H,26,27)/t15-,16-,21-/m1/s1. The Balaban J connectivity index is 1.85. The molecule has 0 bridgehead atoms. The van der Waals surface area contributed by atoms with Crippen LogP contribution in [-0.4, -0.2) is 21.7 Å². The molecule has 2 N–H and O–H groups in total. The number of aromatic carboxylic acids is 1. The lowest BCUT2D eigenvalue weighted by atomic mass is 9.78. The van der Waals surface area contributed by atoms with Crippen LogP contribution in [0.3, 0.4) is 0 Å². The Morgan fingerprint density at radius 2 is 1.85 bits per heavy atom. The second-order valence-corrected chi connectivity index (χ2v) is 8.16. The Morgan fingerprint density at radius 1 is 1.15 bits per heavy atom. The molecular weight excluding hydrogens is 336 g/mol. The summed E-state index contributed by atoms with van der Waals surface area (Å²) in [7, 11) is 0. The van der Waals surface area contributed by atoms with Gasteiger partial charge >= 0.3 is 5.97 Å². The highest BCUT2D eigenvalue weighted by atomic mass is 16.4. The van der Waals surface area contributed by atoms with Crippen LogP contribution < -0.4 is 5.32 Å². The number of rotatable bonds is 6. The van der Waals surface area contributed by atoms with E-state index in [0.29, 0.717) is 30.6 Å². The van der Waals surface area contributed by atoms with Crippen molar-refractivity contribution < 1.29 is 9.90 Å². The van der Waals surface area contributed by atoms with Crippen molar-refractivity contribution in [1.29, 1.82) is 0 Å². The molecule has 4 heteroatoms. The minimum Gasteiger partial charge on any atom is -0.478 e. The summed E-state index contributed by atoms with van der Waals surface area (Å²) in [5.41, 5.74) is 4.47. The zero-order valence-corrected chi connectivity index (χ0v) is 17.0. The molecule has 0 unspecified atom stereocenters. The Bertz CT molecular complexity index is 794. The minimum atomic E-state index is -0.829. The Hall–Kier alpha value is -2.07. The van der Waals surface area contributed by atoms with Gasteiger partial charge in [0.25, 0.3) is 0 Å². The number of benzene rings is 1. The molecule has 3 atom stereocenters. The molecule has 1 aliphatic rings. The highest BCUT2D eigenvalue weighted by molar-refractivity contribution is 5.91. The van der Waals surface area contributed by atoms with Gasteiger partial charge in [0.15, 0.2) is 0 Å². The maximum Gasteiger partial charge on any atom is 0.337 e. The molecule has 1 aromatic heterocycles. The number of carboxylic acids is 1. The first-order valence-corrected chi connectivity index (χ1v) is 10.1. The lowest BCUT2D eigenvalue weighted by molar-refractivity contribution is 0.0694. The molecule has 1 aromatic carbocycles. The number of hydrogen-bond acceptors (Lipinski definition) is 2. The van der Waals surface area contributed by atoms with Crippen LogP contribution in [0.1, 0.15) is 66.0 Å². The van der Waals surface area contributed by atoms with E-state index in [9.17, 15) is 9.90 Å². The van der Waals surface area contributed by atoms with Crippen LogP contribution in [0, 0.1) is 25.7 Å². The third-order valence-corrected chi connectivity index (χ3v) is 6.56. The van der Waals surface area contributed by atoms with Gasteiger partial charge in [-0.05, 0) is 37.7 Å². The highest BCUT2D eigenvalue weighted by Crippen LogP contribution is 2.30. The lowest BCUT2D eigenvalue weighted by Crippen LogP contribution is -2.40. The van der Waals surface area contributed by atoms with E-state index >= 15 is 0 Å². The number of nitrogens with zero attached hydrogens (tertiary/aromatic N) is 1. The van der Waals surface area contributed by atoms with Crippen molar-refractivity contribution in [1.82, 2.24) is 9.88 Å². The molecule has 2 aromatic rings. The predicted molar refractivity (Wildman–Crippen MR) is 109 cm³/mol. The summed E-state index contributed by atoms with van der Waals surface area (Å²) in [6.07, 6.45) is 3.73. The molecule has 4 nitrogen and oxygen atoms in total. The third kappa shape index (κ3) is 4.11. The molecule has 0 radical (unpaired) electrons. The largest absolute Gasteiger partial charge is 0.478 e. The number of hydrogen-bond donors (Lipinski definition) is 2. The summed E-state index contributed by atoms with van der Waals surface area (Å²) >= 11 is 0. The van der Waals surface area contributed by atoms with E-state index in [0.717, 1.165) is 22.9 Å². The minimum absolute atomic E-state index is 0.465. The van der Waals surface area contributed by atoms with Crippen LogP contribution in [0.2, 0.25) is 0 Å². The van der Waals surface area contributed by atoms with E-state index in [2.05, 4.69) is 35.9 Å².